The van der Waals surface area contributed by atoms with Crippen molar-refractivity contribution in [3.05, 3.63) is 11.9 Å². The predicted molar refractivity (Wildman–Crippen MR) is 47.1 cm³/mol. The largest absolute Gasteiger partial charge is 0.384 e. The third-order valence-electron chi connectivity index (χ3n) is 1.52. The van der Waals surface area contributed by atoms with Crippen molar-refractivity contribution in [1.29, 1.82) is 0 Å². The summed E-state index contributed by atoms with van der Waals surface area (Å²) in [6.45, 7) is -0.0110. The monoisotopic (exact) mass is 221 g/mol. The highest BCUT2D eigenvalue weighted by Crippen LogP contribution is 2.12. The van der Waals surface area contributed by atoms with Crippen molar-refractivity contribution < 1.29 is 18.3 Å². The van der Waals surface area contributed by atoms with Crippen LogP contribution in [-0.4, -0.2) is 47.9 Å². The molecule has 1 heterocycles. The zero-order chi connectivity index (χ0) is 10.8. The van der Waals surface area contributed by atoms with Gasteiger partial charge in [-0.2, -0.15) is 0 Å². The number of ether oxygens (including phenoxy) is 1. The van der Waals surface area contributed by atoms with Gasteiger partial charge in [-0.1, -0.05) is 5.21 Å². The van der Waals surface area contributed by atoms with Gasteiger partial charge < -0.3 is 9.84 Å². The Morgan fingerprint density at radius 2 is 2.36 bits per heavy atom. The SMILES string of the molecule is COC[C@@H](O)c1cnnn1S(C)(=O)=O. The average molecular weight is 221 g/mol. The number of rotatable bonds is 4. The van der Waals surface area contributed by atoms with Gasteiger partial charge in [-0.3, -0.25) is 0 Å². The summed E-state index contributed by atoms with van der Waals surface area (Å²) in [5.41, 5.74) is 0.0920. The van der Waals surface area contributed by atoms with Crippen LogP contribution in [0.2, 0.25) is 0 Å². The van der Waals surface area contributed by atoms with Gasteiger partial charge in [0.15, 0.2) is 0 Å². The maximum Gasteiger partial charge on any atom is 0.252 e. The molecule has 1 N–H and O–H groups in total. The standard InChI is InChI=1S/C6H11N3O4S/c1-13-4-6(10)5-3-7-8-9(5)14(2,11)12/h3,6,10H,4H2,1-2H3/t6-/m1/s1. The summed E-state index contributed by atoms with van der Waals surface area (Å²) in [5.74, 6) is 0. The Balaban J connectivity index is 3.05. The zero-order valence-corrected chi connectivity index (χ0v) is 8.60. The topological polar surface area (TPSA) is 94.3 Å². The molecule has 0 aliphatic rings. The van der Waals surface area contributed by atoms with Crippen LogP contribution in [0.15, 0.2) is 6.20 Å². The molecule has 0 aliphatic carbocycles. The molecule has 1 rings (SSSR count). The highest BCUT2D eigenvalue weighted by molar-refractivity contribution is 7.89. The number of hydrogen-bond acceptors (Lipinski definition) is 6. The van der Waals surface area contributed by atoms with Gasteiger partial charge in [0.05, 0.1) is 19.1 Å². The molecule has 0 fully saturated rings. The number of aromatic nitrogens is 3. The fourth-order valence-corrected chi connectivity index (χ4v) is 1.67. The summed E-state index contributed by atoms with van der Waals surface area (Å²) in [4.78, 5) is 0. The average Bonchev–Trinajstić information content (AvgIpc) is 2.50. The van der Waals surface area contributed by atoms with Crippen LogP contribution >= 0.6 is 0 Å². The summed E-state index contributed by atoms with van der Waals surface area (Å²) in [5, 5.41) is 16.2. The van der Waals surface area contributed by atoms with E-state index in [4.69, 9.17) is 0 Å². The maximum atomic E-state index is 11.1. The van der Waals surface area contributed by atoms with E-state index in [1.165, 1.54) is 13.3 Å². The van der Waals surface area contributed by atoms with Gasteiger partial charge >= 0.3 is 0 Å². The molecular formula is C6H11N3O4S. The predicted octanol–water partition coefficient (Wildman–Crippen LogP) is -1.23. The first-order valence-corrected chi connectivity index (χ1v) is 5.59. The summed E-state index contributed by atoms with van der Waals surface area (Å²) < 4.78 is 27.6. The Morgan fingerprint density at radius 3 is 2.86 bits per heavy atom. The van der Waals surface area contributed by atoms with E-state index in [1.54, 1.807) is 0 Å². The molecule has 0 aliphatic heterocycles. The lowest BCUT2D eigenvalue weighted by atomic mass is 10.3. The minimum absolute atomic E-state index is 0.0110. The maximum absolute atomic E-state index is 11.1. The molecule has 1 atom stereocenters. The van der Waals surface area contributed by atoms with Crippen molar-refractivity contribution in [2.75, 3.05) is 20.0 Å². The van der Waals surface area contributed by atoms with Crippen molar-refractivity contribution in [2.24, 2.45) is 0 Å². The lowest BCUT2D eigenvalue weighted by molar-refractivity contribution is 0.0608. The Morgan fingerprint density at radius 1 is 1.71 bits per heavy atom. The van der Waals surface area contributed by atoms with Gasteiger partial charge in [0.25, 0.3) is 10.0 Å². The molecule has 0 aromatic carbocycles. The van der Waals surface area contributed by atoms with Crippen LogP contribution in [0.25, 0.3) is 0 Å². The third kappa shape index (κ3) is 2.28. The molecule has 1 aromatic rings. The van der Waals surface area contributed by atoms with E-state index in [0.29, 0.717) is 4.09 Å². The number of methoxy groups -OCH3 is 1. The zero-order valence-electron chi connectivity index (χ0n) is 7.78. The first-order chi connectivity index (χ1) is 6.46. The molecule has 0 bridgehead atoms. The Hall–Kier alpha value is -0.990. The van der Waals surface area contributed by atoms with Gasteiger partial charge in [0, 0.05) is 7.11 Å². The second-order valence-corrected chi connectivity index (χ2v) is 4.55. The highest BCUT2D eigenvalue weighted by atomic mass is 32.2. The molecule has 0 saturated carbocycles. The lowest BCUT2D eigenvalue weighted by Crippen LogP contribution is -2.19. The van der Waals surface area contributed by atoms with E-state index in [2.05, 4.69) is 15.0 Å². The molecule has 0 unspecified atom stereocenters. The molecule has 0 radical (unpaired) electrons. The molecule has 8 heteroatoms. The third-order valence-corrected chi connectivity index (χ3v) is 2.44. The molecule has 0 spiro atoms. The van der Waals surface area contributed by atoms with Crippen molar-refractivity contribution in [1.82, 2.24) is 14.4 Å². The van der Waals surface area contributed by atoms with Crippen LogP contribution in [0.5, 0.6) is 0 Å². The molecule has 1 aromatic heterocycles. The van der Waals surface area contributed by atoms with Gasteiger partial charge in [-0.25, -0.2) is 8.42 Å². The normalized spacial score (nSPS) is 14.2. The van der Waals surface area contributed by atoms with Crippen LogP contribution in [0.1, 0.15) is 11.8 Å². The number of aliphatic hydroxyl groups is 1. The van der Waals surface area contributed by atoms with Crippen molar-refractivity contribution in [3.8, 4) is 0 Å². The first-order valence-electron chi connectivity index (χ1n) is 3.75. The molecule has 0 amide bonds. The fraction of sp³-hybridized carbons (Fsp3) is 0.667. The number of hydrogen-bond donors (Lipinski definition) is 1. The highest BCUT2D eigenvalue weighted by Gasteiger charge is 2.19. The van der Waals surface area contributed by atoms with E-state index >= 15 is 0 Å². The van der Waals surface area contributed by atoms with Gasteiger partial charge in [-0.15, -0.1) is 9.19 Å². The fourth-order valence-electron chi connectivity index (χ4n) is 0.947. The van der Waals surface area contributed by atoms with Crippen LogP contribution in [0.4, 0.5) is 0 Å². The number of aliphatic hydroxyl groups excluding tert-OH is 1. The van der Waals surface area contributed by atoms with E-state index < -0.39 is 16.1 Å². The second kappa shape index (κ2) is 4.03. The van der Waals surface area contributed by atoms with Crippen LogP contribution in [-0.2, 0) is 14.8 Å². The summed E-state index contributed by atoms with van der Waals surface area (Å²) >= 11 is 0. The summed E-state index contributed by atoms with van der Waals surface area (Å²) in [6, 6.07) is 0. The molecule has 0 saturated heterocycles. The Bertz CT molecular complexity index is 399. The minimum atomic E-state index is -3.53. The van der Waals surface area contributed by atoms with Crippen LogP contribution in [0, 0.1) is 0 Å². The van der Waals surface area contributed by atoms with E-state index in [9.17, 15) is 13.5 Å². The Labute approximate surface area is 81.4 Å². The molecule has 80 valence electrons. The minimum Gasteiger partial charge on any atom is -0.384 e. The van der Waals surface area contributed by atoms with Crippen molar-refractivity contribution in [2.45, 2.75) is 6.10 Å². The lowest BCUT2D eigenvalue weighted by Gasteiger charge is -2.09. The second-order valence-electron chi connectivity index (χ2n) is 2.74. The first kappa shape index (κ1) is 11.1. The summed E-state index contributed by atoms with van der Waals surface area (Å²) in [7, 11) is -2.13. The van der Waals surface area contributed by atoms with Gasteiger partial charge in [-0.05, 0) is 0 Å². The Kier molecular flexibility index (Phi) is 3.19. The van der Waals surface area contributed by atoms with Gasteiger partial charge in [0.1, 0.15) is 11.8 Å². The van der Waals surface area contributed by atoms with Crippen LogP contribution in [0.3, 0.4) is 0 Å². The van der Waals surface area contributed by atoms with Crippen molar-refractivity contribution >= 4 is 10.0 Å². The number of nitrogens with zero attached hydrogens (tertiary/aromatic N) is 3. The van der Waals surface area contributed by atoms with Gasteiger partial charge in [0.2, 0.25) is 0 Å². The summed E-state index contributed by atoms with van der Waals surface area (Å²) in [6.07, 6.45) is 1.11. The quantitative estimate of drug-likeness (QED) is 0.683. The van der Waals surface area contributed by atoms with E-state index in [-0.39, 0.29) is 12.3 Å². The van der Waals surface area contributed by atoms with Crippen LogP contribution < -0.4 is 0 Å². The molecule has 7 nitrogen and oxygen atoms in total. The van der Waals surface area contributed by atoms with E-state index in [1.807, 2.05) is 0 Å². The smallest absolute Gasteiger partial charge is 0.252 e. The van der Waals surface area contributed by atoms with E-state index in [0.717, 1.165) is 6.26 Å². The van der Waals surface area contributed by atoms with Crippen molar-refractivity contribution in [3.63, 3.8) is 0 Å². The molecular weight excluding hydrogens is 210 g/mol. The molecule has 14 heavy (non-hydrogen) atoms.